The van der Waals surface area contributed by atoms with Gasteiger partial charge < -0.3 is 9.47 Å². The lowest BCUT2D eigenvalue weighted by Gasteiger charge is -2.11. The molecule has 1 heterocycles. The molecule has 0 aliphatic heterocycles. The number of benzene rings is 1. The number of halogens is 1. The third-order valence-electron chi connectivity index (χ3n) is 2.44. The van der Waals surface area contributed by atoms with Crippen molar-refractivity contribution in [2.45, 2.75) is 6.92 Å². The molecule has 0 unspecified atom stereocenters. The first kappa shape index (κ1) is 12.2. The largest absolute Gasteiger partial charge is 0.493 e. The van der Waals surface area contributed by atoms with Gasteiger partial charge in [-0.15, -0.1) is 11.3 Å². The predicted octanol–water partition coefficient (Wildman–Crippen LogP) is 3.79. The van der Waals surface area contributed by atoms with Crippen LogP contribution in [0.15, 0.2) is 17.5 Å². The van der Waals surface area contributed by atoms with Gasteiger partial charge in [0.2, 0.25) is 0 Å². The molecule has 0 saturated heterocycles. The van der Waals surface area contributed by atoms with Gasteiger partial charge in [0.15, 0.2) is 11.5 Å². The normalized spacial score (nSPS) is 10.4. The summed E-state index contributed by atoms with van der Waals surface area (Å²) in [6.07, 6.45) is 0. The zero-order chi connectivity index (χ0) is 12.4. The fourth-order valence-electron chi connectivity index (χ4n) is 1.59. The van der Waals surface area contributed by atoms with E-state index in [0.717, 1.165) is 21.9 Å². The van der Waals surface area contributed by atoms with Crippen LogP contribution in [0, 0.1) is 6.92 Å². The maximum atomic E-state index is 5.84. The number of aryl methyl sites for hydroxylation is 1. The number of nitrogens with zero attached hydrogens (tertiary/aromatic N) is 1. The molecule has 3 nitrogen and oxygen atoms in total. The van der Waals surface area contributed by atoms with E-state index < -0.39 is 0 Å². The number of hydrogen-bond donors (Lipinski definition) is 0. The number of aromatic nitrogens is 1. The van der Waals surface area contributed by atoms with Crippen LogP contribution in [-0.2, 0) is 0 Å². The van der Waals surface area contributed by atoms with Gasteiger partial charge >= 0.3 is 0 Å². The number of thiazole rings is 1. The quantitative estimate of drug-likeness (QED) is 0.850. The number of hydrogen-bond acceptors (Lipinski definition) is 4. The van der Waals surface area contributed by atoms with E-state index in [9.17, 15) is 0 Å². The van der Waals surface area contributed by atoms with Gasteiger partial charge in [-0.1, -0.05) is 11.6 Å². The topological polar surface area (TPSA) is 31.4 Å². The third kappa shape index (κ3) is 2.37. The highest BCUT2D eigenvalue weighted by Gasteiger charge is 2.12. The highest BCUT2D eigenvalue weighted by Crippen LogP contribution is 2.36. The summed E-state index contributed by atoms with van der Waals surface area (Å²) >= 11 is 7.35. The van der Waals surface area contributed by atoms with Crippen LogP contribution < -0.4 is 9.47 Å². The second kappa shape index (κ2) is 4.94. The van der Waals surface area contributed by atoms with E-state index >= 15 is 0 Å². The highest BCUT2D eigenvalue weighted by atomic mass is 35.5. The second-order valence-electron chi connectivity index (χ2n) is 3.50. The van der Waals surface area contributed by atoms with Gasteiger partial charge in [0.1, 0.15) is 10.2 Å². The van der Waals surface area contributed by atoms with E-state index in [1.54, 1.807) is 14.2 Å². The maximum absolute atomic E-state index is 5.84. The predicted molar refractivity (Wildman–Crippen MR) is 70.4 cm³/mol. The van der Waals surface area contributed by atoms with Crippen molar-refractivity contribution in [3.63, 3.8) is 0 Å². The Kier molecular flexibility index (Phi) is 3.54. The van der Waals surface area contributed by atoms with Crippen molar-refractivity contribution in [2.24, 2.45) is 0 Å². The molecule has 0 spiro atoms. The van der Waals surface area contributed by atoms with Crippen LogP contribution in [-0.4, -0.2) is 19.2 Å². The average molecular weight is 270 g/mol. The third-order valence-corrected chi connectivity index (χ3v) is 3.64. The summed E-state index contributed by atoms with van der Waals surface area (Å²) in [4.78, 5) is 4.26. The Morgan fingerprint density at radius 3 is 2.35 bits per heavy atom. The molecule has 2 rings (SSSR count). The summed E-state index contributed by atoms with van der Waals surface area (Å²) in [6.45, 7) is 2.01. The minimum absolute atomic E-state index is 0.513. The lowest BCUT2D eigenvalue weighted by atomic mass is 10.1. The molecule has 90 valence electrons. The van der Waals surface area contributed by atoms with Gasteiger partial charge in [-0.2, -0.15) is 0 Å². The number of ether oxygens (including phenoxy) is 2. The van der Waals surface area contributed by atoms with Gasteiger partial charge in [0.05, 0.1) is 14.2 Å². The Morgan fingerprint density at radius 2 is 1.82 bits per heavy atom. The molecule has 0 aliphatic carbocycles. The zero-order valence-electron chi connectivity index (χ0n) is 9.78. The monoisotopic (exact) mass is 269 g/mol. The van der Waals surface area contributed by atoms with E-state index in [-0.39, 0.29) is 0 Å². The van der Waals surface area contributed by atoms with E-state index in [2.05, 4.69) is 4.98 Å². The van der Waals surface area contributed by atoms with Crippen LogP contribution in [0.3, 0.4) is 0 Å². The van der Waals surface area contributed by atoms with Crippen LogP contribution in [0.1, 0.15) is 5.56 Å². The van der Waals surface area contributed by atoms with Crippen LogP contribution >= 0.6 is 22.9 Å². The minimum atomic E-state index is 0.513. The van der Waals surface area contributed by atoms with Crippen molar-refractivity contribution in [3.8, 4) is 22.1 Å². The first-order valence-corrected chi connectivity index (χ1v) is 6.25. The highest BCUT2D eigenvalue weighted by molar-refractivity contribution is 7.13. The zero-order valence-corrected chi connectivity index (χ0v) is 11.4. The first-order valence-electron chi connectivity index (χ1n) is 4.99. The van der Waals surface area contributed by atoms with E-state index in [0.29, 0.717) is 10.9 Å². The average Bonchev–Trinajstić information content (AvgIpc) is 2.75. The van der Waals surface area contributed by atoms with Gasteiger partial charge in [0.25, 0.3) is 0 Å². The SMILES string of the molecule is COc1cc(C)c(-c2nc(Cl)cs2)cc1OC. The van der Waals surface area contributed by atoms with Gasteiger partial charge in [-0.3, -0.25) is 0 Å². The molecule has 1 aromatic carbocycles. The minimum Gasteiger partial charge on any atom is -0.493 e. The molecule has 0 aliphatic rings. The smallest absolute Gasteiger partial charge is 0.161 e. The number of methoxy groups -OCH3 is 2. The van der Waals surface area contributed by atoms with Crippen LogP contribution in [0.25, 0.3) is 10.6 Å². The Balaban J connectivity index is 2.55. The molecule has 5 heteroatoms. The molecule has 0 radical (unpaired) electrons. The lowest BCUT2D eigenvalue weighted by Crippen LogP contribution is -1.93. The molecule has 17 heavy (non-hydrogen) atoms. The van der Waals surface area contributed by atoms with E-state index in [4.69, 9.17) is 21.1 Å². The van der Waals surface area contributed by atoms with E-state index in [1.807, 2.05) is 24.4 Å². The fraction of sp³-hybridized carbons (Fsp3) is 0.250. The Morgan fingerprint density at radius 1 is 1.18 bits per heavy atom. The molecule has 2 aromatic rings. The van der Waals surface area contributed by atoms with Gasteiger partial charge in [-0.25, -0.2) is 4.98 Å². The van der Waals surface area contributed by atoms with Crippen LogP contribution in [0.2, 0.25) is 5.15 Å². The summed E-state index contributed by atoms with van der Waals surface area (Å²) in [5.41, 5.74) is 2.09. The molecule has 1 aromatic heterocycles. The van der Waals surface area contributed by atoms with Gasteiger partial charge in [-0.05, 0) is 24.6 Å². The molecule has 0 atom stereocenters. The summed E-state index contributed by atoms with van der Waals surface area (Å²) in [7, 11) is 3.24. The summed E-state index contributed by atoms with van der Waals surface area (Å²) in [6, 6.07) is 3.85. The standard InChI is InChI=1S/C12H12ClNO2S/c1-7-4-9(15-2)10(16-3)5-8(7)12-14-11(13)6-17-12/h4-6H,1-3H3. The fourth-order valence-corrected chi connectivity index (χ4v) is 2.62. The maximum Gasteiger partial charge on any atom is 0.161 e. The summed E-state index contributed by atoms with van der Waals surface area (Å²) in [5, 5.41) is 3.21. The molecule has 0 amide bonds. The van der Waals surface area contributed by atoms with Gasteiger partial charge in [0, 0.05) is 10.9 Å². The Labute approximate surface area is 109 Å². The molecule has 0 N–H and O–H groups in total. The van der Waals surface area contributed by atoms with Crippen molar-refractivity contribution < 1.29 is 9.47 Å². The second-order valence-corrected chi connectivity index (χ2v) is 4.74. The van der Waals surface area contributed by atoms with Crippen molar-refractivity contribution >= 4 is 22.9 Å². The molecular formula is C12H12ClNO2S. The Hall–Kier alpha value is -1.26. The van der Waals surface area contributed by atoms with Crippen molar-refractivity contribution in [1.29, 1.82) is 0 Å². The summed E-state index contributed by atoms with van der Waals surface area (Å²) < 4.78 is 10.5. The summed E-state index contributed by atoms with van der Waals surface area (Å²) in [5.74, 6) is 1.41. The lowest BCUT2D eigenvalue weighted by molar-refractivity contribution is 0.355. The Bertz CT molecular complexity index is 539. The number of rotatable bonds is 3. The molecule has 0 saturated carbocycles. The van der Waals surface area contributed by atoms with Crippen molar-refractivity contribution in [3.05, 3.63) is 28.2 Å². The molecule has 0 bridgehead atoms. The van der Waals surface area contributed by atoms with E-state index in [1.165, 1.54) is 11.3 Å². The first-order chi connectivity index (χ1) is 8.15. The van der Waals surface area contributed by atoms with Crippen LogP contribution in [0.4, 0.5) is 0 Å². The molecular weight excluding hydrogens is 258 g/mol. The van der Waals surface area contributed by atoms with Crippen molar-refractivity contribution in [1.82, 2.24) is 4.98 Å². The molecule has 0 fully saturated rings. The van der Waals surface area contributed by atoms with Crippen LogP contribution in [0.5, 0.6) is 11.5 Å². The van der Waals surface area contributed by atoms with Crippen molar-refractivity contribution in [2.75, 3.05) is 14.2 Å².